The fraction of sp³-hybridized carbons (Fsp3) is 0.235. The number of rotatable bonds is 5. The number of carbonyl (C=O) groups is 1. The first-order valence-electron chi connectivity index (χ1n) is 7.59. The largest absolute Gasteiger partial charge is 0.491 e. The first-order valence-corrected chi connectivity index (χ1v) is 9.48. The van der Waals surface area contributed by atoms with Gasteiger partial charge in [0, 0.05) is 18.2 Å². The standard InChI is InChI=1S/C17H17BO5S/c1-24(21,22)15-7-2-12(3-8-15)4-9-17(19)13-5-6-14-11-23-18(20)16(14)10-13/h2-3,5-8,10,20H,4,9,11H2,1H3. The van der Waals surface area contributed by atoms with Gasteiger partial charge in [0.15, 0.2) is 15.6 Å². The predicted molar refractivity (Wildman–Crippen MR) is 91.0 cm³/mol. The smallest absolute Gasteiger partial charge is 0.423 e. The van der Waals surface area contributed by atoms with E-state index in [-0.39, 0.29) is 10.7 Å². The molecule has 0 spiro atoms. The number of carbonyl (C=O) groups excluding carboxylic acids is 1. The van der Waals surface area contributed by atoms with Crippen molar-refractivity contribution in [2.24, 2.45) is 0 Å². The summed E-state index contributed by atoms with van der Waals surface area (Å²) in [5, 5.41) is 9.70. The number of hydrogen-bond acceptors (Lipinski definition) is 5. The van der Waals surface area contributed by atoms with Gasteiger partial charge in [0.2, 0.25) is 0 Å². The molecule has 24 heavy (non-hydrogen) atoms. The van der Waals surface area contributed by atoms with Crippen molar-refractivity contribution < 1.29 is 22.9 Å². The summed E-state index contributed by atoms with van der Waals surface area (Å²) in [5.74, 6) is -0.0240. The highest BCUT2D eigenvalue weighted by molar-refractivity contribution is 7.90. The van der Waals surface area contributed by atoms with Crippen molar-refractivity contribution in [2.45, 2.75) is 24.3 Å². The highest BCUT2D eigenvalue weighted by Gasteiger charge is 2.27. The maximum atomic E-state index is 12.3. The van der Waals surface area contributed by atoms with Crippen molar-refractivity contribution in [3.8, 4) is 0 Å². The number of fused-ring (bicyclic) bond motifs is 1. The fourth-order valence-corrected chi connectivity index (χ4v) is 3.32. The van der Waals surface area contributed by atoms with E-state index in [0.29, 0.717) is 30.5 Å². The van der Waals surface area contributed by atoms with Gasteiger partial charge in [-0.2, -0.15) is 0 Å². The number of hydrogen-bond donors (Lipinski definition) is 1. The molecular weight excluding hydrogens is 327 g/mol. The molecule has 1 aliphatic heterocycles. The summed E-state index contributed by atoms with van der Waals surface area (Å²) in [6.45, 7) is 0.359. The third-order valence-electron chi connectivity index (χ3n) is 4.12. The maximum absolute atomic E-state index is 12.3. The molecule has 0 atom stereocenters. The van der Waals surface area contributed by atoms with Gasteiger partial charge in [-0.1, -0.05) is 30.3 Å². The molecule has 0 saturated carbocycles. The number of aryl methyl sites for hydroxylation is 1. The summed E-state index contributed by atoms with van der Waals surface area (Å²) in [4.78, 5) is 12.6. The second-order valence-corrected chi connectivity index (χ2v) is 7.93. The van der Waals surface area contributed by atoms with E-state index in [1.54, 1.807) is 42.5 Å². The van der Waals surface area contributed by atoms with Crippen molar-refractivity contribution in [3.63, 3.8) is 0 Å². The monoisotopic (exact) mass is 344 g/mol. The lowest BCUT2D eigenvalue weighted by molar-refractivity contribution is 0.0983. The highest BCUT2D eigenvalue weighted by Crippen LogP contribution is 2.15. The first kappa shape index (κ1) is 16.9. The quantitative estimate of drug-likeness (QED) is 0.650. The maximum Gasteiger partial charge on any atom is 0.491 e. The molecule has 3 rings (SSSR count). The minimum absolute atomic E-state index is 0.0240. The van der Waals surface area contributed by atoms with Gasteiger partial charge in [0.05, 0.1) is 11.5 Å². The molecule has 124 valence electrons. The Hall–Kier alpha value is -1.96. The van der Waals surface area contributed by atoms with Gasteiger partial charge < -0.3 is 9.68 Å². The van der Waals surface area contributed by atoms with Crippen molar-refractivity contribution in [2.75, 3.05) is 6.26 Å². The molecular formula is C17H17BO5S. The molecule has 0 radical (unpaired) electrons. The SMILES string of the molecule is CS(=O)(=O)c1ccc(CCC(=O)c2ccc3c(c2)B(O)OC3)cc1. The average molecular weight is 344 g/mol. The molecule has 1 N–H and O–H groups in total. The molecule has 0 bridgehead atoms. The Morgan fingerprint density at radius 1 is 1.21 bits per heavy atom. The zero-order valence-corrected chi connectivity index (χ0v) is 14.0. The molecule has 7 heteroatoms. The van der Waals surface area contributed by atoms with E-state index < -0.39 is 17.0 Å². The number of ketones is 1. The van der Waals surface area contributed by atoms with Crippen molar-refractivity contribution in [3.05, 3.63) is 59.2 Å². The van der Waals surface area contributed by atoms with Crippen LogP contribution in [0.5, 0.6) is 0 Å². The molecule has 0 unspecified atom stereocenters. The van der Waals surface area contributed by atoms with Crippen LogP contribution in [0.1, 0.15) is 27.9 Å². The molecule has 0 aromatic heterocycles. The first-order chi connectivity index (χ1) is 11.3. The molecule has 0 fully saturated rings. The van der Waals surface area contributed by atoms with E-state index in [1.807, 2.05) is 0 Å². The van der Waals surface area contributed by atoms with Crippen molar-refractivity contribution in [1.82, 2.24) is 0 Å². The Balaban J connectivity index is 1.67. The van der Waals surface area contributed by atoms with Crippen LogP contribution >= 0.6 is 0 Å². The minimum Gasteiger partial charge on any atom is -0.423 e. The van der Waals surface area contributed by atoms with E-state index >= 15 is 0 Å². The zero-order chi connectivity index (χ0) is 17.3. The van der Waals surface area contributed by atoms with Gasteiger partial charge in [-0.15, -0.1) is 0 Å². The van der Waals surface area contributed by atoms with Crippen LogP contribution in [0.2, 0.25) is 0 Å². The number of Topliss-reactive ketones (excluding diaryl/α,β-unsaturated/α-hetero) is 1. The zero-order valence-electron chi connectivity index (χ0n) is 13.2. The van der Waals surface area contributed by atoms with Crippen LogP contribution < -0.4 is 5.46 Å². The van der Waals surface area contributed by atoms with Gasteiger partial charge in [0.1, 0.15) is 0 Å². The molecule has 2 aromatic rings. The van der Waals surface area contributed by atoms with Crippen LogP contribution in [0.4, 0.5) is 0 Å². The summed E-state index contributed by atoms with van der Waals surface area (Å²) in [6, 6.07) is 11.8. The number of benzene rings is 2. The Kier molecular flexibility index (Phi) is 4.58. The third-order valence-corrected chi connectivity index (χ3v) is 5.25. The van der Waals surface area contributed by atoms with Crippen LogP contribution in [0, 0.1) is 0 Å². The van der Waals surface area contributed by atoms with Gasteiger partial charge in [-0.05, 0) is 35.1 Å². The minimum atomic E-state index is -3.21. The molecule has 0 saturated heterocycles. The van der Waals surface area contributed by atoms with Crippen LogP contribution in [-0.2, 0) is 27.5 Å². The van der Waals surface area contributed by atoms with Gasteiger partial charge in [0.25, 0.3) is 0 Å². The molecule has 0 aliphatic carbocycles. The lowest BCUT2D eigenvalue weighted by Crippen LogP contribution is -2.28. The summed E-state index contributed by atoms with van der Waals surface area (Å²) >= 11 is 0. The molecule has 0 amide bonds. The van der Waals surface area contributed by atoms with Gasteiger partial charge in [-0.3, -0.25) is 4.79 Å². The summed E-state index contributed by atoms with van der Waals surface area (Å²) in [7, 11) is -4.17. The average Bonchev–Trinajstić information content (AvgIpc) is 2.93. The summed E-state index contributed by atoms with van der Waals surface area (Å²) < 4.78 is 28.0. The van der Waals surface area contributed by atoms with Gasteiger partial charge in [-0.25, -0.2) is 8.42 Å². The van der Waals surface area contributed by atoms with E-state index in [2.05, 4.69) is 0 Å². The lowest BCUT2D eigenvalue weighted by atomic mass is 9.78. The normalized spacial score (nSPS) is 13.8. The van der Waals surface area contributed by atoms with E-state index in [4.69, 9.17) is 4.65 Å². The highest BCUT2D eigenvalue weighted by atomic mass is 32.2. The summed E-state index contributed by atoms with van der Waals surface area (Å²) in [6.07, 6.45) is 2.00. The van der Waals surface area contributed by atoms with E-state index in [9.17, 15) is 18.2 Å². The molecule has 1 aliphatic rings. The summed E-state index contributed by atoms with van der Waals surface area (Å²) in [5.41, 5.74) is 3.00. The van der Waals surface area contributed by atoms with Crippen molar-refractivity contribution in [1.29, 1.82) is 0 Å². The van der Waals surface area contributed by atoms with Crippen LogP contribution in [-0.4, -0.2) is 32.6 Å². The topological polar surface area (TPSA) is 80.7 Å². The second-order valence-electron chi connectivity index (χ2n) is 5.92. The van der Waals surface area contributed by atoms with Crippen molar-refractivity contribution >= 4 is 28.2 Å². The lowest BCUT2D eigenvalue weighted by Gasteiger charge is -2.05. The second kappa shape index (κ2) is 6.51. The van der Waals surface area contributed by atoms with E-state index in [0.717, 1.165) is 17.4 Å². The van der Waals surface area contributed by atoms with Crippen LogP contribution in [0.25, 0.3) is 0 Å². The third kappa shape index (κ3) is 3.58. The fourth-order valence-electron chi connectivity index (χ4n) is 2.69. The van der Waals surface area contributed by atoms with E-state index in [1.165, 1.54) is 0 Å². The molecule has 5 nitrogen and oxygen atoms in total. The van der Waals surface area contributed by atoms with Crippen LogP contribution in [0.3, 0.4) is 0 Å². The van der Waals surface area contributed by atoms with Gasteiger partial charge >= 0.3 is 7.12 Å². The molecule has 1 heterocycles. The predicted octanol–water partition coefficient (Wildman–Crippen LogP) is 1.12. The Morgan fingerprint density at radius 2 is 1.92 bits per heavy atom. The number of sulfone groups is 1. The Bertz CT molecular complexity index is 874. The van der Waals surface area contributed by atoms with Crippen LogP contribution in [0.15, 0.2) is 47.4 Å². The Morgan fingerprint density at radius 3 is 2.58 bits per heavy atom. The Labute approximate surface area is 141 Å². The molecule has 2 aromatic carbocycles.